The van der Waals surface area contributed by atoms with E-state index in [9.17, 15) is 18.3 Å². The summed E-state index contributed by atoms with van der Waals surface area (Å²) in [5.74, 6) is -0.795. The molecule has 0 atom stereocenters. The molecule has 1 rings (SSSR count). The average molecular weight is 230 g/mol. The van der Waals surface area contributed by atoms with Crippen molar-refractivity contribution >= 4 is 23.2 Å². The summed E-state index contributed by atoms with van der Waals surface area (Å²) in [5.41, 5.74) is -1.03. The van der Waals surface area contributed by atoms with Crippen LogP contribution in [0.3, 0.4) is 0 Å². The monoisotopic (exact) mass is 229 g/mol. The Balaban J connectivity index is 3.29. The molecular weight excluding hydrogens is 228 g/mol. The van der Waals surface area contributed by atoms with Crippen LogP contribution < -0.4 is 0 Å². The van der Waals surface area contributed by atoms with Gasteiger partial charge in [-0.2, -0.15) is 13.2 Å². The van der Waals surface area contributed by atoms with E-state index in [-0.39, 0.29) is 0 Å². The smallest absolute Gasteiger partial charge is 0.287 e. The summed E-state index contributed by atoms with van der Waals surface area (Å²) in [5, 5.41) is 9.76. The summed E-state index contributed by atoms with van der Waals surface area (Å²) in [6.07, 6.45) is -4.54. The Hall–Kier alpha value is -0.610. The Bertz CT molecular complexity index is 312. The number of hydrogen-bond donors (Lipinski definition) is 0. The number of rotatable bonds is 0. The molecule has 0 fully saturated rings. The highest BCUT2D eigenvalue weighted by Crippen LogP contribution is 2.39. The number of hydrogen-bond acceptors (Lipinski definition) is 0. The van der Waals surface area contributed by atoms with Crippen molar-refractivity contribution in [3.63, 3.8) is 0 Å². The van der Waals surface area contributed by atoms with Crippen molar-refractivity contribution in [1.29, 1.82) is 0 Å². The standard InChI is InChI=1S/C7H2Cl2F3O/c8-4-1-3(7(10,11)12)2-5(9)6(4)13/h1-2H. The van der Waals surface area contributed by atoms with Crippen LogP contribution in [0, 0.1) is 0 Å². The summed E-state index contributed by atoms with van der Waals surface area (Å²) in [6, 6.07) is 1.10. The van der Waals surface area contributed by atoms with Gasteiger partial charge in [0.25, 0.3) is 0 Å². The third-order valence-corrected chi connectivity index (χ3v) is 1.89. The largest absolute Gasteiger partial charge is 0.416 e. The second kappa shape index (κ2) is 3.27. The highest BCUT2D eigenvalue weighted by molar-refractivity contribution is 6.37. The van der Waals surface area contributed by atoms with Crippen LogP contribution in [-0.2, 0) is 11.3 Å². The Labute approximate surface area is 81.7 Å². The predicted molar refractivity (Wildman–Crippen MR) is 41.6 cm³/mol. The Morgan fingerprint density at radius 1 is 1.08 bits per heavy atom. The Kier molecular flexibility index (Phi) is 2.63. The molecule has 6 heteroatoms. The molecule has 0 saturated heterocycles. The zero-order chi connectivity index (χ0) is 10.2. The molecule has 0 aliphatic rings. The van der Waals surface area contributed by atoms with Crippen molar-refractivity contribution in [3.05, 3.63) is 27.7 Å². The third-order valence-electron chi connectivity index (χ3n) is 1.33. The normalized spacial score (nSPS) is 11.8. The molecule has 0 bridgehead atoms. The molecule has 0 spiro atoms. The molecule has 1 aromatic carbocycles. The number of alkyl halides is 3. The minimum Gasteiger partial charge on any atom is -0.287 e. The fourth-order valence-electron chi connectivity index (χ4n) is 0.724. The highest BCUT2D eigenvalue weighted by Gasteiger charge is 2.32. The van der Waals surface area contributed by atoms with Gasteiger partial charge in [0.05, 0.1) is 15.6 Å². The van der Waals surface area contributed by atoms with Crippen LogP contribution in [0.15, 0.2) is 12.1 Å². The minimum atomic E-state index is -4.54. The molecule has 0 heterocycles. The predicted octanol–water partition coefficient (Wildman–Crippen LogP) is 4.16. The van der Waals surface area contributed by atoms with Crippen LogP contribution in [0.5, 0.6) is 5.75 Å². The fraction of sp³-hybridized carbons (Fsp3) is 0.143. The van der Waals surface area contributed by atoms with Crippen LogP contribution >= 0.6 is 23.2 Å². The van der Waals surface area contributed by atoms with Gasteiger partial charge in [0.2, 0.25) is 5.75 Å². The lowest BCUT2D eigenvalue weighted by Gasteiger charge is -2.07. The highest BCUT2D eigenvalue weighted by atomic mass is 35.5. The lowest BCUT2D eigenvalue weighted by atomic mass is 10.2. The maximum absolute atomic E-state index is 12.1. The van der Waals surface area contributed by atoms with Crippen LogP contribution in [0.25, 0.3) is 0 Å². The van der Waals surface area contributed by atoms with Gasteiger partial charge in [-0.25, -0.2) is 0 Å². The van der Waals surface area contributed by atoms with E-state index in [0.717, 1.165) is 0 Å². The molecule has 1 radical (unpaired) electrons. The van der Waals surface area contributed by atoms with Crippen molar-refractivity contribution < 1.29 is 18.3 Å². The van der Waals surface area contributed by atoms with E-state index in [1.165, 1.54) is 0 Å². The zero-order valence-corrected chi connectivity index (χ0v) is 7.46. The molecular formula is C7H2Cl2F3O. The van der Waals surface area contributed by atoms with Crippen LogP contribution in [0.2, 0.25) is 10.0 Å². The topological polar surface area (TPSA) is 19.9 Å². The molecule has 0 aromatic heterocycles. The summed E-state index contributed by atoms with van der Waals surface area (Å²) in [6.45, 7) is 0. The van der Waals surface area contributed by atoms with E-state index in [0.29, 0.717) is 12.1 Å². The first-order valence-electron chi connectivity index (χ1n) is 3.05. The van der Waals surface area contributed by atoms with Gasteiger partial charge in [-0.3, -0.25) is 5.11 Å². The molecule has 71 valence electrons. The summed E-state index contributed by atoms with van der Waals surface area (Å²) < 4.78 is 36.2. The SMILES string of the molecule is [O]c1c(Cl)cc(C(F)(F)F)cc1Cl. The average Bonchev–Trinajstić information content (AvgIpc) is 1.97. The van der Waals surface area contributed by atoms with Gasteiger partial charge in [-0.15, -0.1) is 0 Å². The van der Waals surface area contributed by atoms with Crippen molar-refractivity contribution in [2.45, 2.75) is 6.18 Å². The first kappa shape index (κ1) is 10.5. The van der Waals surface area contributed by atoms with Gasteiger partial charge in [0, 0.05) is 0 Å². The first-order chi connectivity index (χ1) is 5.82. The van der Waals surface area contributed by atoms with Gasteiger partial charge in [-0.05, 0) is 12.1 Å². The van der Waals surface area contributed by atoms with E-state index in [4.69, 9.17) is 23.2 Å². The number of halogens is 5. The summed E-state index contributed by atoms with van der Waals surface area (Å²) >= 11 is 10.5. The molecule has 1 nitrogen and oxygen atoms in total. The van der Waals surface area contributed by atoms with Gasteiger partial charge in [-0.1, -0.05) is 23.2 Å². The molecule has 0 aliphatic carbocycles. The Morgan fingerprint density at radius 2 is 1.46 bits per heavy atom. The van der Waals surface area contributed by atoms with Crippen LogP contribution in [0.1, 0.15) is 5.56 Å². The lowest BCUT2D eigenvalue weighted by Crippen LogP contribution is -2.04. The quantitative estimate of drug-likeness (QED) is 0.637. The molecule has 0 aliphatic heterocycles. The number of benzene rings is 1. The minimum absolute atomic E-state index is 0.528. The second-order valence-electron chi connectivity index (χ2n) is 2.27. The second-order valence-corrected chi connectivity index (χ2v) is 3.08. The molecule has 13 heavy (non-hydrogen) atoms. The van der Waals surface area contributed by atoms with Crippen molar-refractivity contribution in [1.82, 2.24) is 0 Å². The lowest BCUT2D eigenvalue weighted by molar-refractivity contribution is -0.137. The zero-order valence-electron chi connectivity index (χ0n) is 5.95. The third kappa shape index (κ3) is 2.19. The van der Waals surface area contributed by atoms with Gasteiger partial charge in [0.15, 0.2) is 0 Å². The van der Waals surface area contributed by atoms with Crippen LogP contribution in [-0.4, -0.2) is 0 Å². The summed E-state index contributed by atoms with van der Waals surface area (Å²) in [7, 11) is 0. The van der Waals surface area contributed by atoms with Crippen molar-refractivity contribution in [2.75, 3.05) is 0 Å². The molecule has 1 aromatic rings. The molecule has 0 unspecified atom stereocenters. The molecule has 0 amide bonds. The maximum Gasteiger partial charge on any atom is 0.416 e. The van der Waals surface area contributed by atoms with E-state index in [1.54, 1.807) is 0 Å². The van der Waals surface area contributed by atoms with E-state index < -0.39 is 27.5 Å². The van der Waals surface area contributed by atoms with Gasteiger partial charge in [0.1, 0.15) is 0 Å². The van der Waals surface area contributed by atoms with Gasteiger partial charge >= 0.3 is 6.18 Å². The van der Waals surface area contributed by atoms with E-state index >= 15 is 0 Å². The molecule has 0 N–H and O–H groups in total. The van der Waals surface area contributed by atoms with Crippen molar-refractivity contribution in [3.8, 4) is 5.75 Å². The van der Waals surface area contributed by atoms with E-state index in [1.807, 2.05) is 0 Å². The maximum atomic E-state index is 12.1. The first-order valence-corrected chi connectivity index (χ1v) is 3.81. The summed E-state index contributed by atoms with van der Waals surface area (Å²) in [4.78, 5) is 0. The molecule has 0 saturated carbocycles. The van der Waals surface area contributed by atoms with Crippen molar-refractivity contribution in [2.24, 2.45) is 0 Å². The fourth-order valence-corrected chi connectivity index (χ4v) is 1.21. The van der Waals surface area contributed by atoms with Crippen LogP contribution in [0.4, 0.5) is 13.2 Å². The Morgan fingerprint density at radius 3 is 1.77 bits per heavy atom. The van der Waals surface area contributed by atoms with E-state index in [2.05, 4.69) is 0 Å². The van der Waals surface area contributed by atoms with Gasteiger partial charge < -0.3 is 0 Å².